The van der Waals surface area contributed by atoms with E-state index in [4.69, 9.17) is 5.73 Å². The van der Waals surface area contributed by atoms with Gasteiger partial charge in [-0.15, -0.1) is 0 Å². The van der Waals surface area contributed by atoms with Crippen LogP contribution >= 0.6 is 0 Å². The molecule has 106 valence electrons. The minimum atomic E-state index is -0.481. The van der Waals surface area contributed by atoms with Crippen LogP contribution in [0.3, 0.4) is 0 Å². The number of carbonyl (C=O) groups excluding carboxylic acids is 1. The number of anilines is 1. The van der Waals surface area contributed by atoms with E-state index in [0.29, 0.717) is 12.3 Å². The second-order valence-corrected chi connectivity index (χ2v) is 5.11. The molecule has 2 rings (SSSR count). The number of amides is 1. The summed E-state index contributed by atoms with van der Waals surface area (Å²) in [6.45, 7) is 4.08. The zero-order valence-corrected chi connectivity index (χ0v) is 11.7. The third-order valence-electron chi connectivity index (χ3n) is 2.88. The van der Waals surface area contributed by atoms with Crippen molar-refractivity contribution in [2.45, 2.75) is 26.3 Å². The fourth-order valence-electron chi connectivity index (χ4n) is 1.89. The third kappa shape index (κ3) is 3.64. The van der Waals surface area contributed by atoms with E-state index in [2.05, 4.69) is 15.4 Å². The first-order valence-electron chi connectivity index (χ1n) is 6.58. The first-order valence-corrected chi connectivity index (χ1v) is 6.58. The van der Waals surface area contributed by atoms with Gasteiger partial charge in [-0.3, -0.25) is 4.79 Å². The average Bonchev–Trinajstić information content (AvgIpc) is 2.92. The fourth-order valence-corrected chi connectivity index (χ4v) is 1.89. The van der Waals surface area contributed by atoms with E-state index in [1.54, 1.807) is 11.0 Å². The third-order valence-corrected chi connectivity index (χ3v) is 2.88. The van der Waals surface area contributed by atoms with Crippen LogP contribution < -0.4 is 11.1 Å². The maximum Gasteiger partial charge on any atom is 0.241 e. The van der Waals surface area contributed by atoms with E-state index < -0.39 is 6.04 Å². The lowest BCUT2D eigenvalue weighted by Gasteiger charge is -2.14. The normalized spacial score (nSPS) is 12.4. The lowest BCUT2D eigenvalue weighted by molar-refractivity contribution is -0.117. The number of nitrogens with zero attached hydrogens (tertiary/aromatic N) is 3. The first-order chi connectivity index (χ1) is 9.56. The Bertz CT molecular complexity index is 547. The van der Waals surface area contributed by atoms with Crippen LogP contribution in [0.5, 0.6) is 0 Å². The van der Waals surface area contributed by atoms with Gasteiger partial charge in [0.1, 0.15) is 12.7 Å². The van der Waals surface area contributed by atoms with E-state index in [0.717, 1.165) is 11.4 Å². The molecule has 0 aliphatic rings. The largest absolute Gasteiger partial charge is 0.325 e. The van der Waals surface area contributed by atoms with E-state index in [-0.39, 0.29) is 5.91 Å². The van der Waals surface area contributed by atoms with Crippen LogP contribution in [0.15, 0.2) is 36.9 Å². The molecule has 0 aliphatic carbocycles. The number of carbonyl (C=O) groups is 1. The Morgan fingerprint density at radius 3 is 2.60 bits per heavy atom. The van der Waals surface area contributed by atoms with E-state index in [1.807, 2.05) is 38.1 Å². The molecule has 1 heterocycles. The average molecular weight is 273 g/mol. The van der Waals surface area contributed by atoms with Gasteiger partial charge in [0.05, 0.1) is 11.7 Å². The molecule has 0 unspecified atom stereocenters. The van der Waals surface area contributed by atoms with Gasteiger partial charge in [0.15, 0.2) is 0 Å². The summed E-state index contributed by atoms with van der Waals surface area (Å²) >= 11 is 0. The summed E-state index contributed by atoms with van der Waals surface area (Å²) in [6, 6.07) is 6.87. The molecule has 0 saturated carbocycles. The van der Waals surface area contributed by atoms with E-state index in [1.165, 1.54) is 6.33 Å². The molecule has 1 atom stereocenters. The Morgan fingerprint density at radius 2 is 2.05 bits per heavy atom. The van der Waals surface area contributed by atoms with Crippen LogP contribution in [-0.2, 0) is 4.79 Å². The standard InChI is InChI=1S/C14H19N5O/c1-10(2)7-13(15)14(20)18-11-3-5-12(6-4-11)19-9-16-8-17-19/h3-6,8-10,13H,7,15H2,1-2H3,(H,18,20)/t13-/m1/s1. The van der Waals surface area contributed by atoms with Crippen molar-refractivity contribution in [2.75, 3.05) is 5.32 Å². The Balaban J connectivity index is 1.99. The van der Waals surface area contributed by atoms with Crippen molar-refractivity contribution < 1.29 is 4.79 Å². The number of hydrogen-bond acceptors (Lipinski definition) is 4. The SMILES string of the molecule is CC(C)C[C@@H](N)C(=O)Nc1ccc(-n2cncn2)cc1. The van der Waals surface area contributed by atoms with Crippen molar-refractivity contribution in [3.05, 3.63) is 36.9 Å². The van der Waals surface area contributed by atoms with Gasteiger partial charge in [0, 0.05) is 5.69 Å². The van der Waals surface area contributed by atoms with Gasteiger partial charge < -0.3 is 11.1 Å². The highest BCUT2D eigenvalue weighted by Gasteiger charge is 2.14. The van der Waals surface area contributed by atoms with Gasteiger partial charge in [-0.05, 0) is 36.6 Å². The Morgan fingerprint density at radius 1 is 1.35 bits per heavy atom. The van der Waals surface area contributed by atoms with Crippen molar-refractivity contribution in [2.24, 2.45) is 11.7 Å². The van der Waals surface area contributed by atoms with Gasteiger partial charge >= 0.3 is 0 Å². The Kier molecular flexibility index (Phi) is 4.47. The lowest BCUT2D eigenvalue weighted by atomic mass is 10.0. The predicted molar refractivity (Wildman–Crippen MR) is 77.4 cm³/mol. The Hall–Kier alpha value is -2.21. The molecular weight excluding hydrogens is 254 g/mol. The number of rotatable bonds is 5. The summed E-state index contributed by atoms with van der Waals surface area (Å²) in [5, 5.41) is 6.85. The maximum atomic E-state index is 11.9. The smallest absolute Gasteiger partial charge is 0.241 e. The van der Waals surface area contributed by atoms with Crippen molar-refractivity contribution in [3.8, 4) is 5.69 Å². The van der Waals surface area contributed by atoms with Gasteiger partial charge in [-0.2, -0.15) is 5.10 Å². The molecule has 0 bridgehead atoms. The summed E-state index contributed by atoms with van der Waals surface area (Å²) in [6.07, 6.45) is 3.76. The molecule has 0 aliphatic heterocycles. The molecule has 0 fully saturated rings. The molecular formula is C14H19N5O. The highest BCUT2D eigenvalue weighted by Crippen LogP contribution is 2.13. The van der Waals surface area contributed by atoms with Gasteiger partial charge in [-0.25, -0.2) is 9.67 Å². The van der Waals surface area contributed by atoms with Gasteiger partial charge in [-0.1, -0.05) is 13.8 Å². The number of aromatic nitrogens is 3. The summed E-state index contributed by atoms with van der Waals surface area (Å²) in [5.74, 6) is 0.234. The maximum absolute atomic E-state index is 11.9. The van der Waals surface area contributed by atoms with Crippen LogP contribution in [-0.4, -0.2) is 26.7 Å². The summed E-state index contributed by atoms with van der Waals surface area (Å²) in [5.41, 5.74) is 7.44. The lowest BCUT2D eigenvalue weighted by Crippen LogP contribution is -2.36. The zero-order chi connectivity index (χ0) is 14.5. The quantitative estimate of drug-likeness (QED) is 0.866. The molecule has 0 spiro atoms. The van der Waals surface area contributed by atoms with Crippen LogP contribution in [0.25, 0.3) is 5.69 Å². The van der Waals surface area contributed by atoms with Crippen LogP contribution in [0.1, 0.15) is 20.3 Å². The number of nitrogens with two attached hydrogens (primary N) is 1. The Labute approximate surface area is 118 Å². The summed E-state index contributed by atoms with van der Waals surface area (Å²) < 4.78 is 1.65. The van der Waals surface area contributed by atoms with Gasteiger partial charge in [0.2, 0.25) is 5.91 Å². The van der Waals surface area contributed by atoms with Gasteiger partial charge in [0.25, 0.3) is 0 Å². The molecule has 2 aromatic rings. The van der Waals surface area contributed by atoms with E-state index in [9.17, 15) is 4.79 Å². The van der Waals surface area contributed by atoms with Crippen LogP contribution in [0, 0.1) is 5.92 Å². The second-order valence-electron chi connectivity index (χ2n) is 5.11. The molecule has 1 amide bonds. The fraction of sp³-hybridized carbons (Fsp3) is 0.357. The van der Waals surface area contributed by atoms with Crippen molar-refractivity contribution in [1.29, 1.82) is 0 Å². The second kappa shape index (κ2) is 6.29. The van der Waals surface area contributed by atoms with Crippen molar-refractivity contribution in [3.63, 3.8) is 0 Å². The molecule has 0 saturated heterocycles. The van der Waals surface area contributed by atoms with Crippen LogP contribution in [0.4, 0.5) is 5.69 Å². The molecule has 20 heavy (non-hydrogen) atoms. The molecule has 1 aromatic carbocycles. The van der Waals surface area contributed by atoms with Crippen LogP contribution in [0.2, 0.25) is 0 Å². The molecule has 0 radical (unpaired) electrons. The zero-order valence-electron chi connectivity index (χ0n) is 11.7. The number of hydrogen-bond donors (Lipinski definition) is 2. The van der Waals surface area contributed by atoms with E-state index >= 15 is 0 Å². The topological polar surface area (TPSA) is 85.8 Å². The molecule has 1 aromatic heterocycles. The summed E-state index contributed by atoms with van der Waals surface area (Å²) in [4.78, 5) is 15.8. The molecule has 6 nitrogen and oxygen atoms in total. The molecule has 3 N–H and O–H groups in total. The minimum absolute atomic E-state index is 0.160. The molecule has 6 heteroatoms. The first kappa shape index (κ1) is 14.2. The highest BCUT2D eigenvalue weighted by molar-refractivity contribution is 5.94. The summed E-state index contributed by atoms with van der Waals surface area (Å²) in [7, 11) is 0. The number of nitrogens with one attached hydrogen (secondary N) is 1. The predicted octanol–water partition coefficient (Wildman–Crippen LogP) is 1.58. The monoisotopic (exact) mass is 273 g/mol. The highest BCUT2D eigenvalue weighted by atomic mass is 16.2. The minimum Gasteiger partial charge on any atom is -0.325 e. The van der Waals surface area contributed by atoms with Crippen molar-refractivity contribution in [1.82, 2.24) is 14.8 Å². The van der Waals surface area contributed by atoms with Crippen molar-refractivity contribution >= 4 is 11.6 Å². The number of benzene rings is 1.